The fourth-order valence-corrected chi connectivity index (χ4v) is 3.69. The Morgan fingerprint density at radius 3 is 1.35 bits per heavy atom. The molecular weight excluding hydrogens is 518 g/mol. The van der Waals surface area contributed by atoms with Crippen LogP contribution >= 0.6 is 0 Å². The number of allylic oxidation sites excluding steroid dienone is 2. The highest BCUT2D eigenvalue weighted by Gasteiger charge is 2.00. The number of benzene rings is 2. The number of hydrogen-bond donors (Lipinski definition) is 1. The summed E-state index contributed by atoms with van der Waals surface area (Å²) in [4.78, 5) is 0. The van der Waals surface area contributed by atoms with Gasteiger partial charge < -0.3 is 5.32 Å². The number of unbranched alkanes of at least 4 members (excludes halogenated alkanes) is 6. The van der Waals surface area contributed by atoms with Crippen LogP contribution in [0.25, 0.3) is 5.57 Å². The second-order valence-electron chi connectivity index (χ2n) is 10.7. The number of rotatable bonds is 15. The maximum atomic E-state index is 4.22. The van der Waals surface area contributed by atoms with Crippen LogP contribution in [0.3, 0.4) is 0 Å². The predicted molar refractivity (Wildman–Crippen MR) is 204 cm³/mol. The first-order valence-corrected chi connectivity index (χ1v) is 18.0. The molecule has 0 spiro atoms. The van der Waals surface area contributed by atoms with Crippen molar-refractivity contribution >= 4 is 5.57 Å². The van der Waals surface area contributed by atoms with E-state index in [-0.39, 0.29) is 0 Å². The van der Waals surface area contributed by atoms with Gasteiger partial charge in [0.25, 0.3) is 0 Å². The van der Waals surface area contributed by atoms with E-state index in [1.165, 1.54) is 79.2 Å². The summed E-state index contributed by atoms with van der Waals surface area (Å²) in [6.07, 6.45) is 16.3. The van der Waals surface area contributed by atoms with Crippen molar-refractivity contribution in [2.45, 2.75) is 167 Å². The quantitative estimate of drug-likeness (QED) is 0.202. The SMILES string of the molecule is C=C(CCCCC(=C)c1ccc(C)cc1)NCCc1ccc(C)cc1.CC.CC.CCC.CCCCC.CCCCCC. The minimum atomic E-state index is 0.956. The molecule has 0 aromatic heterocycles. The lowest BCUT2D eigenvalue weighted by molar-refractivity contribution is 0.684. The van der Waals surface area contributed by atoms with E-state index in [0.717, 1.165) is 44.3 Å². The van der Waals surface area contributed by atoms with Crippen molar-refractivity contribution in [2.24, 2.45) is 0 Å². The zero-order chi connectivity index (χ0) is 33.7. The highest BCUT2D eigenvalue weighted by Crippen LogP contribution is 2.20. The zero-order valence-electron chi connectivity index (χ0n) is 31.4. The fourth-order valence-electron chi connectivity index (χ4n) is 3.69. The Labute approximate surface area is 273 Å². The average molecular weight is 596 g/mol. The number of aryl methyl sites for hydroxylation is 2. The lowest BCUT2D eigenvalue weighted by atomic mass is 10.00. The van der Waals surface area contributed by atoms with E-state index in [0.29, 0.717) is 0 Å². The molecule has 0 saturated heterocycles. The molecule has 0 saturated carbocycles. The molecule has 0 aliphatic carbocycles. The summed E-state index contributed by atoms with van der Waals surface area (Å²) in [5.41, 5.74) is 7.63. The molecule has 0 fully saturated rings. The smallest absolute Gasteiger partial charge is 0.0184 e. The van der Waals surface area contributed by atoms with Gasteiger partial charge in [-0.3, -0.25) is 0 Å². The maximum Gasteiger partial charge on any atom is 0.0184 e. The Morgan fingerprint density at radius 1 is 0.558 bits per heavy atom. The van der Waals surface area contributed by atoms with Crippen LogP contribution in [0.15, 0.2) is 67.4 Å². The topological polar surface area (TPSA) is 12.0 Å². The lowest BCUT2D eigenvalue weighted by Gasteiger charge is -2.10. The first kappa shape index (κ1) is 47.6. The highest BCUT2D eigenvalue weighted by molar-refractivity contribution is 5.63. The van der Waals surface area contributed by atoms with Gasteiger partial charge in [-0.15, -0.1) is 0 Å². The van der Waals surface area contributed by atoms with E-state index in [1.807, 2.05) is 27.7 Å². The normalized spacial score (nSPS) is 9.02. The van der Waals surface area contributed by atoms with Crippen molar-refractivity contribution in [1.29, 1.82) is 0 Å². The van der Waals surface area contributed by atoms with E-state index >= 15 is 0 Å². The summed E-state index contributed by atoms with van der Waals surface area (Å²) in [5, 5.41) is 3.45. The summed E-state index contributed by atoms with van der Waals surface area (Å²) in [6.45, 7) is 34.7. The van der Waals surface area contributed by atoms with Crippen molar-refractivity contribution in [3.05, 3.63) is 89.6 Å². The van der Waals surface area contributed by atoms with E-state index in [1.54, 1.807) is 0 Å². The van der Waals surface area contributed by atoms with Gasteiger partial charge >= 0.3 is 0 Å². The van der Waals surface area contributed by atoms with Gasteiger partial charge in [0.05, 0.1) is 0 Å². The molecule has 2 aromatic carbocycles. The number of hydrogen-bond acceptors (Lipinski definition) is 1. The van der Waals surface area contributed by atoms with Crippen LogP contribution in [-0.4, -0.2) is 6.54 Å². The van der Waals surface area contributed by atoms with Gasteiger partial charge in [-0.1, -0.05) is 193 Å². The standard InChI is InChI=1S/C24H31N.C6H14.C5H12.C3H8.2C2H6/c1-19-9-13-23(14-10-19)17-18-25-22(4)8-6-5-7-21(3)24-15-11-20(2)12-16-24;1-3-5-6-4-2;1-3-5-4-2;1-3-2;2*1-2/h9-16,25H,3-8,17-18H2,1-2H3;3-6H2,1-2H3;3-5H2,1-2H3;3H2,1-2H3;2*1-2H3. The molecule has 0 amide bonds. The predicted octanol–water partition coefficient (Wildman–Crippen LogP) is 14.5. The van der Waals surface area contributed by atoms with Gasteiger partial charge in [0, 0.05) is 12.2 Å². The second kappa shape index (κ2) is 39.7. The van der Waals surface area contributed by atoms with Crippen LogP contribution in [-0.2, 0) is 6.42 Å². The van der Waals surface area contributed by atoms with Gasteiger partial charge in [-0.25, -0.2) is 0 Å². The summed E-state index contributed by atoms with van der Waals surface area (Å²) in [6, 6.07) is 17.4. The molecule has 0 aliphatic rings. The molecule has 1 N–H and O–H groups in total. The van der Waals surface area contributed by atoms with E-state index < -0.39 is 0 Å². The molecule has 2 rings (SSSR count). The monoisotopic (exact) mass is 596 g/mol. The molecule has 0 unspecified atom stereocenters. The molecule has 43 heavy (non-hydrogen) atoms. The molecule has 0 atom stereocenters. The average Bonchev–Trinajstić information content (AvgIpc) is 3.03. The third kappa shape index (κ3) is 35.8. The Balaban J connectivity index is -0.000000348. The Kier molecular flexibility index (Phi) is 44.0. The highest BCUT2D eigenvalue weighted by atomic mass is 14.9. The van der Waals surface area contributed by atoms with Crippen LogP contribution < -0.4 is 5.32 Å². The minimum Gasteiger partial charge on any atom is -0.388 e. The largest absolute Gasteiger partial charge is 0.388 e. The van der Waals surface area contributed by atoms with E-state index in [2.05, 4.69) is 122 Å². The lowest BCUT2D eigenvalue weighted by Crippen LogP contribution is -2.15. The van der Waals surface area contributed by atoms with Crippen molar-refractivity contribution in [3.8, 4) is 0 Å². The van der Waals surface area contributed by atoms with Crippen LogP contribution in [0.1, 0.15) is 169 Å². The van der Waals surface area contributed by atoms with Gasteiger partial charge in [0.2, 0.25) is 0 Å². The van der Waals surface area contributed by atoms with Crippen molar-refractivity contribution in [3.63, 3.8) is 0 Å². The first-order chi connectivity index (χ1) is 20.8. The molecular formula is C42H77N. The van der Waals surface area contributed by atoms with Gasteiger partial charge in [-0.05, 0) is 62.7 Å². The molecule has 250 valence electrons. The molecule has 1 heteroatoms. The summed E-state index contributed by atoms with van der Waals surface area (Å²) in [5.74, 6) is 0. The van der Waals surface area contributed by atoms with Crippen LogP contribution in [0.4, 0.5) is 0 Å². The molecule has 0 bridgehead atoms. The molecule has 0 radical (unpaired) electrons. The van der Waals surface area contributed by atoms with Crippen LogP contribution in [0.2, 0.25) is 0 Å². The molecule has 0 heterocycles. The van der Waals surface area contributed by atoms with Crippen molar-refractivity contribution < 1.29 is 0 Å². The fraction of sp³-hybridized carbons (Fsp3) is 0.619. The van der Waals surface area contributed by atoms with Crippen molar-refractivity contribution in [1.82, 2.24) is 5.32 Å². The van der Waals surface area contributed by atoms with E-state index in [9.17, 15) is 0 Å². The third-order valence-electron chi connectivity index (χ3n) is 6.24. The van der Waals surface area contributed by atoms with Crippen LogP contribution in [0.5, 0.6) is 0 Å². The summed E-state index contributed by atoms with van der Waals surface area (Å²) >= 11 is 0. The van der Waals surface area contributed by atoms with Crippen molar-refractivity contribution in [2.75, 3.05) is 6.54 Å². The molecule has 1 nitrogen and oxygen atoms in total. The zero-order valence-corrected chi connectivity index (χ0v) is 31.4. The number of nitrogens with one attached hydrogen (secondary N) is 1. The Hall–Kier alpha value is -2.28. The first-order valence-electron chi connectivity index (χ1n) is 18.0. The minimum absolute atomic E-state index is 0.956. The Bertz CT molecular complexity index is 792. The van der Waals surface area contributed by atoms with Gasteiger partial charge in [0.15, 0.2) is 0 Å². The van der Waals surface area contributed by atoms with E-state index in [4.69, 9.17) is 0 Å². The Morgan fingerprint density at radius 2 is 0.953 bits per heavy atom. The summed E-state index contributed by atoms with van der Waals surface area (Å²) < 4.78 is 0. The second-order valence-corrected chi connectivity index (χ2v) is 10.7. The van der Waals surface area contributed by atoms with Gasteiger partial charge in [-0.2, -0.15) is 0 Å². The maximum absolute atomic E-state index is 4.22. The van der Waals surface area contributed by atoms with Gasteiger partial charge in [0.1, 0.15) is 0 Å². The molecule has 0 aliphatic heterocycles. The molecule has 2 aromatic rings. The summed E-state index contributed by atoms with van der Waals surface area (Å²) in [7, 11) is 0. The van der Waals surface area contributed by atoms with Crippen LogP contribution in [0, 0.1) is 13.8 Å². The third-order valence-corrected chi connectivity index (χ3v) is 6.24.